The summed E-state index contributed by atoms with van der Waals surface area (Å²) in [5, 5.41) is 0. The van der Waals surface area contributed by atoms with Crippen molar-refractivity contribution in [2.24, 2.45) is 0 Å². The van der Waals surface area contributed by atoms with Gasteiger partial charge in [-0.15, -0.1) is 0 Å². The minimum absolute atomic E-state index is 0.203. The monoisotopic (exact) mass is 284 g/mol. The molecule has 0 fully saturated rings. The van der Waals surface area contributed by atoms with E-state index < -0.39 is 15.6 Å². The maximum absolute atomic E-state index is 12.6. The van der Waals surface area contributed by atoms with Gasteiger partial charge >= 0.3 is 0 Å². The molecule has 0 radical (unpaired) electrons. The van der Waals surface area contributed by atoms with E-state index in [2.05, 4.69) is 4.72 Å². The molecule has 0 atom stereocenters. The van der Waals surface area contributed by atoms with Crippen LogP contribution in [0.15, 0.2) is 23.1 Å². The first kappa shape index (κ1) is 16.0. The van der Waals surface area contributed by atoms with E-state index in [-0.39, 0.29) is 4.90 Å². The molecule has 1 aromatic carbocycles. The zero-order valence-corrected chi connectivity index (χ0v) is 13.0. The van der Waals surface area contributed by atoms with Crippen molar-refractivity contribution in [3.05, 3.63) is 23.8 Å². The normalized spacial score (nSPS) is 12.6. The number of rotatable bonds is 6. The average Bonchev–Trinajstić information content (AvgIpc) is 2.35. The van der Waals surface area contributed by atoms with Gasteiger partial charge in [0.25, 0.3) is 0 Å². The van der Waals surface area contributed by atoms with Crippen LogP contribution in [0.1, 0.15) is 45.6 Å². The second-order valence-electron chi connectivity index (χ2n) is 4.94. The molecule has 0 aromatic heterocycles. The first-order valence-electron chi connectivity index (χ1n) is 6.71. The Morgan fingerprint density at radius 2 is 1.68 bits per heavy atom. The predicted molar refractivity (Wildman–Crippen MR) is 79.5 cm³/mol. The third-order valence-corrected chi connectivity index (χ3v) is 5.69. The number of nitrogen functional groups attached to an aromatic ring is 1. The predicted octanol–water partition coefficient (Wildman–Crippen LogP) is 2.82. The van der Waals surface area contributed by atoms with Crippen LogP contribution < -0.4 is 10.5 Å². The Bertz CT molecular complexity index is 506. The number of hydrogen-bond acceptors (Lipinski definition) is 3. The van der Waals surface area contributed by atoms with Crippen LogP contribution in [0.2, 0.25) is 0 Å². The van der Waals surface area contributed by atoms with Gasteiger partial charge in [0.05, 0.1) is 5.69 Å². The van der Waals surface area contributed by atoms with Crippen molar-refractivity contribution in [3.8, 4) is 0 Å². The zero-order chi connectivity index (χ0) is 14.7. The minimum Gasteiger partial charge on any atom is -0.398 e. The summed E-state index contributed by atoms with van der Waals surface area (Å²) in [6.07, 6.45) is 2.26. The van der Waals surface area contributed by atoms with Gasteiger partial charge in [-0.2, -0.15) is 0 Å². The Morgan fingerprint density at radius 1 is 1.16 bits per heavy atom. The van der Waals surface area contributed by atoms with E-state index in [1.54, 1.807) is 25.1 Å². The molecule has 19 heavy (non-hydrogen) atoms. The number of anilines is 1. The van der Waals surface area contributed by atoms with E-state index in [4.69, 9.17) is 5.73 Å². The molecule has 5 heteroatoms. The Balaban J connectivity index is 3.26. The number of benzene rings is 1. The highest BCUT2D eigenvalue weighted by atomic mass is 32.2. The number of nitrogens with two attached hydrogens (primary N) is 1. The Morgan fingerprint density at radius 3 is 2.11 bits per heavy atom. The molecular weight excluding hydrogens is 260 g/mol. The molecule has 0 amide bonds. The van der Waals surface area contributed by atoms with Gasteiger partial charge in [0.1, 0.15) is 4.90 Å². The number of aryl methyl sites for hydroxylation is 1. The van der Waals surface area contributed by atoms with Crippen LogP contribution in [0.5, 0.6) is 0 Å². The van der Waals surface area contributed by atoms with Crippen molar-refractivity contribution in [2.45, 2.75) is 57.4 Å². The van der Waals surface area contributed by atoms with Crippen LogP contribution in [0.25, 0.3) is 0 Å². The standard InChI is InChI=1S/C14H24N2O2S/c1-5-14(6-2,7-3)16-19(17,18)13-11(4)9-8-10-12(13)15/h8-10,16H,5-7,15H2,1-4H3. The van der Waals surface area contributed by atoms with E-state index in [9.17, 15) is 8.42 Å². The lowest BCUT2D eigenvalue weighted by Crippen LogP contribution is -2.47. The van der Waals surface area contributed by atoms with Crippen molar-refractivity contribution in [2.75, 3.05) is 5.73 Å². The Hall–Kier alpha value is -1.07. The van der Waals surface area contributed by atoms with Gasteiger partial charge in [0, 0.05) is 5.54 Å². The van der Waals surface area contributed by atoms with Crippen LogP contribution in [0, 0.1) is 6.92 Å². The molecule has 0 heterocycles. The number of nitrogens with one attached hydrogen (secondary N) is 1. The summed E-state index contributed by atoms with van der Waals surface area (Å²) in [5.74, 6) is 0. The molecule has 0 aliphatic rings. The van der Waals surface area contributed by atoms with Gasteiger partial charge < -0.3 is 5.73 Å². The van der Waals surface area contributed by atoms with Crippen LogP contribution in [-0.2, 0) is 10.0 Å². The smallest absolute Gasteiger partial charge is 0.243 e. The van der Waals surface area contributed by atoms with Gasteiger partial charge in [-0.1, -0.05) is 32.9 Å². The molecule has 0 spiro atoms. The molecule has 3 N–H and O–H groups in total. The zero-order valence-electron chi connectivity index (χ0n) is 12.2. The van der Waals surface area contributed by atoms with Crippen LogP contribution >= 0.6 is 0 Å². The van der Waals surface area contributed by atoms with Crippen molar-refractivity contribution in [3.63, 3.8) is 0 Å². The summed E-state index contributed by atoms with van der Waals surface area (Å²) >= 11 is 0. The van der Waals surface area contributed by atoms with E-state index in [0.717, 1.165) is 19.3 Å². The Labute approximate surface area is 116 Å². The summed E-state index contributed by atoms with van der Waals surface area (Å²) in [6, 6.07) is 5.14. The van der Waals surface area contributed by atoms with E-state index in [1.807, 2.05) is 20.8 Å². The van der Waals surface area contributed by atoms with Crippen LogP contribution in [0.3, 0.4) is 0 Å². The number of sulfonamides is 1. The third-order valence-electron chi connectivity index (χ3n) is 3.89. The van der Waals surface area contributed by atoms with Gasteiger partial charge in [-0.25, -0.2) is 13.1 Å². The average molecular weight is 284 g/mol. The van der Waals surface area contributed by atoms with E-state index >= 15 is 0 Å². The summed E-state index contributed by atoms with van der Waals surface area (Å²) in [7, 11) is -3.59. The SMILES string of the molecule is CCC(CC)(CC)NS(=O)(=O)c1c(C)cccc1N. The number of hydrogen-bond donors (Lipinski definition) is 2. The highest BCUT2D eigenvalue weighted by Crippen LogP contribution is 2.27. The first-order chi connectivity index (χ1) is 8.82. The maximum Gasteiger partial charge on any atom is 0.243 e. The Kier molecular flexibility index (Phi) is 4.98. The summed E-state index contributed by atoms with van der Waals surface area (Å²) in [5.41, 5.74) is 6.40. The van der Waals surface area contributed by atoms with Crippen LogP contribution in [-0.4, -0.2) is 14.0 Å². The minimum atomic E-state index is -3.59. The molecular formula is C14H24N2O2S. The highest BCUT2D eigenvalue weighted by Gasteiger charge is 2.31. The maximum atomic E-state index is 12.6. The molecule has 1 aromatic rings. The molecule has 1 rings (SSSR count). The first-order valence-corrected chi connectivity index (χ1v) is 8.19. The molecule has 0 aliphatic heterocycles. The summed E-state index contributed by atoms with van der Waals surface area (Å²) in [6.45, 7) is 7.75. The molecule has 0 bridgehead atoms. The van der Waals surface area contributed by atoms with Crippen LogP contribution in [0.4, 0.5) is 5.69 Å². The van der Waals surface area contributed by atoms with Gasteiger partial charge in [0.2, 0.25) is 10.0 Å². The fourth-order valence-corrected chi connectivity index (χ4v) is 4.32. The molecule has 0 unspecified atom stereocenters. The topological polar surface area (TPSA) is 72.2 Å². The van der Waals surface area contributed by atoms with Crippen molar-refractivity contribution < 1.29 is 8.42 Å². The third kappa shape index (κ3) is 3.28. The van der Waals surface area contributed by atoms with Crippen molar-refractivity contribution in [1.82, 2.24) is 4.72 Å². The lowest BCUT2D eigenvalue weighted by Gasteiger charge is -2.31. The summed E-state index contributed by atoms with van der Waals surface area (Å²) < 4.78 is 28.0. The fourth-order valence-electron chi connectivity index (χ4n) is 2.34. The molecule has 0 saturated carbocycles. The van der Waals surface area contributed by atoms with Crippen molar-refractivity contribution >= 4 is 15.7 Å². The van der Waals surface area contributed by atoms with Gasteiger partial charge in [-0.05, 0) is 37.8 Å². The van der Waals surface area contributed by atoms with E-state index in [0.29, 0.717) is 11.3 Å². The molecule has 4 nitrogen and oxygen atoms in total. The second-order valence-corrected chi connectivity index (χ2v) is 6.56. The molecule has 108 valence electrons. The highest BCUT2D eigenvalue weighted by molar-refractivity contribution is 7.89. The summed E-state index contributed by atoms with van der Waals surface area (Å²) in [4.78, 5) is 0.203. The van der Waals surface area contributed by atoms with E-state index in [1.165, 1.54) is 0 Å². The van der Waals surface area contributed by atoms with Gasteiger partial charge in [-0.3, -0.25) is 0 Å². The molecule has 0 aliphatic carbocycles. The molecule has 0 saturated heterocycles. The van der Waals surface area contributed by atoms with Gasteiger partial charge in [0.15, 0.2) is 0 Å². The fraction of sp³-hybridized carbons (Fsp3) is 0.571. The lowest BCUT2D eigenvalue weighted by atomic mass is 9.91. The van der Waals surface area contributed by atoms with Crippen molar-refractivity contribution in [1.29, 1.82) is 0 Å². The quantitative estimate of drug-likeness (QED) is 0.789. The second kappa shape index (κ2) is 5.92. The largest absolute Gasteiger partial charge is 0.398 e. The lowest BCUT2D eigenvalue weighted by molar-refractivity contribution is 0.341.